The Morgan fingerprint density at radius 1 is 1.12 bits per heavy atom. The lowest BCUT2D eigenvalue weighted by molar-refractivity contribution is -0.135. The normalized spacial score (nSPS) is 15.1. The molecule has 2 amide bonds. The molecule has 1 aliphatic rings. The van der Waals surface area contributed by atoms with Crippen LogP contribution in [-0.2, 0) is 11.2 Å². The second-order valence-electron chi connectivity index (χ2n) is 7.99. The first-order chi connectivity index (χ1) is 16.1. The molecule has 3 aromatic rings. The smallest absolute Gasteiger partial charge is 0.254 e. The standard InChI is InChI=1S/C26H27FN2O3S/c1-2-14-28(26(31)19-8-4-3-5-9-19)17-25(30)29-15-12-24-20(13-16-33-24)22(29)18-32-23-11-7-6-10-21(23)27/h3-11,13,16,22H,2,12,14-15,17-18H2,1H3/t22-/m1/s1. The summed E-state index contributed by atoms with van der Waals surface area (Å²) in [6.07, 6.45) is 1.51. The van der Waals surface area contributed by atoms with Gasteiger partial charge in [0.05, 0.1) is 6.04 Å². The third-order valence-electron chi connectivity index (χ3n) is 5.78. The molecule has 1 aliphatic heterocycles. The molecule has 172 valence electrons. The first kappa shape index (κ1) is 23.0. The van der Waals surface area contributed by atoms with Crippen molar-refractivity contribution in [2.45, 2.75) is 25.8 Å². The van der Waals surface area contributed by atoms with E-state index in [9.17, 15) is 14.0 Å². The number of hydrogen-bond acceptors (Lipinski definition) is 4. The van der Waals surface area contributed by atoms with Crippen LogP contribution in [0.3, 0.4) is 0 Å². The molecule has 0 N–H and O–H groups in total. The van der Waals surface area contributed by atoms with Gasteiger partial charge in [0.1, 0.15) is 13.2 Å². The Kier molecular flexibility index (Phi) is 7.40. The number of benzene rings is 2. The number of rotatable bonds is 8. The predicted molar refractivity (Wildman–Crippen MR) is 127 cm³/mol. The van der Waals surface area contributed by atoms with Gasteiger partial charge in [0.2, 0.25) is 5.91 Å². The second kappa shape index (κ2) is 10.6. The van der Waals surface area contributed by atoms with Gasteiger partial charge in [-0.3, -0.25) is 9.59 Å². The van der Waals surface area contributed by atoms with Gasteiger partial charge < -0.3 is 14.5 Å². The number of nitrogens with zero attached hydrogens (tertiary/aromatic N) is 2. The molecule has 0 bridgehead atoms. The van der Waals surface area contributed by atoms with Gasteiger partial charge in [-0.1, -0.05) is 37.3 Å². The average Bonchev–Trinajstić information content (AvgIpc) is 3.32. The fourth-order valence-electron chi connectivity index (χ4n) is 4.14. The van der Waals surface area contributed by atoms with Crippen LogP contribution in [0.5, 0.6) is 5.75 Å². The van der Waals surface area contributed by atoms with Crippen molar-refractivity contribution >= 4 is 23.2 Å². The highest BCUT2D eigenvalue weighted by molar-refractivity contribution is 7.10. The first-order valence-corrected chi connectivity index (χ1v) is 12.0. The highest BCUT2D eigenvalue weighted by Gasteiger charge is 2.33. The third kappa shape index (κ3) is 5.25. The van der Waals surface area contributed by atoms with Gasteiger partial charge in [-0.2, -0.15) is 0 Å². The lowest BCUT2D eigenvalue weighted by atomic mass is 10.0. The van der Waals surface area contributed by atoms with E-state index in [1.807, 2.05) is 36.6 Å². The van der Waals surface area contributed by atoms with Gasteiger partial charge in [0.15, 0.2) is 11.6 Å². The SMILES string of the molecule is CCCN(CC(=O)N1CCc2sccc2[C@H]1COc1ccccc1F)C(=O)c1ccccc1. The Hall–Kier alpha value is -3.19. The summed E-state index contributed by atoms with van der Waals surface area (Å²) in [4.78, 5) is 31.1. The predicted octanol–water partition coefficient (Wildman–Crippen LogP) is 4.94. The van der Waals surface area contributed by atoms with E-state index in [0.717, 1.165) is 18.4 Å². The summed E-state index contributed by atoms with van der Waals surface area (Å²) in [6, 6.07) is 17.0. The summed E-state index contributed by atoms with van der Waals surface area (Å²) >= 11 is 1.66. The largest absolute Gasteiger partial charge is 0.488 e. The average molecular weight is 467 g/mol. The molecule has 0 radical (unpaired) electrons. The molecule has 5 nitrogen and oxygen atoms in total. The van der Waals surface area contributed by atoms with Gasteiger partial charge in [-0.25, -0.2) is 4.39 Å². The molecule has 0 spiro atoms. The molecule has 1 aromatic heterocycles. The van der Waals surface area contributed by atoms with E-state index in [2.05, 4.69) is 0 Å². The Labute approximate surface area is 197 Å². The van der Waals surface area contributed by atoms with Gasteiger partial charge in [-0.05, 0) is 54.1 Å². The van der Waals surface area contributed by atoms with Crippen LogP contribution in [0.25, 0.3) is 0 Å². The molecule has 7 heteroatoms. The quantitative estimate of drug-likeness (QED) is 0.472. The third-order valence-corrected chi connectivity index (χ3v) is 6.77. The number of ether oxygens (including phenoxy) is 1. The molecular formula is C26H27FN2O3S. The number of carbonyl (C=O) groups is 2. The molecule has 2 aromatic carbocycles. The Morgan fingerprint density at radius 2 is 1.88 bits per heavy atom. The van der Waals surface area contributed by atoms with Crippen molar-refractivity contribution in [1.82, 2.24) is 9.80 Å². The zero-order valence-corrected chi connectivity index (χ0v) is 19.4. The number of thiophene rings is 1. The van der Waals surface area contributed by atoms with Crippen LogP contribution in [0.15, 0.2) is 66.0 Å². The van der Waals surface area contributed by atoms with Crippen molar-refractivity contribution in [2.24, 2.45) is 0 Å². The lowest BCUT2D eigenvalue weighted by Crippen LogP contribution is -2.48. The molecule has 1 atom stereocenters. The monoisotopic (exact) mass is 466 g/mol. The number of fused-ring (bicyclic) bond motifs is 1. The van der Waals surface area contributed by atoms with Gasteiger partial charge in [0, 0.05) is 23.5 Å². The van der Waals surface area contributed by atoms with Crippen molar-refractivity contribution in [3.8, 4) is 5.75 Å². The van der Waals surface area contributed by atoms with Crippen molar-refractivity contribution in [1.29, 1.82) is 0 Å². The van der Waals surface area contributed by atoms with Crippen LogP contribution >= 0.6 is 11.3 Å². The van der Waals surface area contributed by atoms with Crippen LogP contribution in [0.1, 0.15) is 40.2 Å². The van der Waals surface area contributed by atoms with Crippen LogP contribution in [-0.4, -0.2) is 47.9 Å². The maximum absolute atomic E-state index is 14.1. The van der Waals surface area contributed by atoms with Crippen LogP contribution < -0.4 is 4.74 Å². The van der Waals surface area contributed by atoms with Crippen molar-refractivity contribution < 1.29 is 18.7 Å². The summed E-state index contributed by atoms with van der Waals surface area (Å²) in [5, 5.41) is 2.01. The summed E-state index contributed by atoms with van der Waals surface area (Å²) in [5.41, 5.74) is 1.60. The minimum atomic E-state index is -0.431. The second-order valence-corrected chi connectivity index (χ2v) is 8.99. The molecule has 2 heterocycles. The first-order valence-electron chi connectivity index (χ1n) is 11.2. The number of amides is 2. The molecule has 0 saturated carbocycles. The van der Waals surface area contributed by atoms with Gasteiger partial charge in [0.25, 0.3) is 5.91 Å². The van der Waals surface area contributed by atoms with Gasteiger partial charge >= 0.3 is 0 Å². The number of hydrogen-bond donors (Lipinski definition) is 0. The van der Waals surface area contributed by atoms with Crippen molar-refractivity contribution in [3.63, 3.8) is 0 Å². The van der Waals surface area contributed by atoms with E-state index in [1.165, 1.54) is 10.9 Å². The highest BCUT2D eigenvalue weighted by atomic mass is 32.1. The van der Waals surface area contributed by atoms with E-state index >= 15 is 0 Å². The van der Waals surface area contributed by atoms with E-state index < -0.39 is 5.82 Å². The van der Waals surface area contributed by atoms with Crippen LogP contribution in [0.4, 0.5) is 4.39 Å². The zero-order valence-electron chi connectivity index (χ0n) is 18.6. The number of halogens is 1. The fourth-order valence-corrected chi connectivity index (χ4v) is 5.07. The number of para-hydroxylation sites is 1. The van der Waals surface area contributed by atoms with Gasteiger partial charge in [-0.15, -0.1) is 11.3 Å². The Bertz CT molecular complexity index is 1100. The summed E-state index contributed by atoms with van der Waals surface area (Å²) < 4.78 is 19.9. The molecule has 0 unspecified atom stereocenters. The Balaban J connectivity index is 1.52. The minimum absolute atomic E-state index is 0.00274. The summed E-state index contributed by atoms with van der Waals surface area (Å²) in [6.45, 7) is 3.16. The van der Waals surface area contributed by atoms with E-state index in [1.54, 1.807) is 51.5 Å². The maximum Gasteiger partial charge on any atom is 0.254 e. The minimum Gasteiger partial charge on any atom is -0.488 e. The topological polar surface area (TPSA) is 49.9 Å². The van der Waals surface area contributed by atoms with Crippen molar-refractivity contribution in [3.05, 3.63) is 87.9 Å². The number of carbonyl (C=O) groups excluding carboxylic acids is 2. The molecule has 0 fully saturated rings. The van der Waals surface area contributed by atoms with Crippen LogP contribution in [0.2, 0.25) is 0 Å². The molecule has 4 rings (SSSR count). The molecule has 33 heavy (non-hydrogen) atoms. The van der Waals surface area contributed by atoms with Crippen LogP contribution in [0, 0.1) is 5.82 Å². The van der Waals surface area contributed by atoms with E-state index in [4.69, 9.17) is 4.74 Å². The molecule has 0 aliphatic carbocycles. The van der Waals surface area contributed by atoms with Crippen molar-refractivity contribution in [2.75, 3.05) is 26.2 Å². The molecule has 0 saturated heterocycles. The maximum atomic E-state index is 14.1. The highest BCUT2D eigenvalue weighted by Crippen LogP contribution is 2.34. The molecular weight excluding hydrogens is 439 g/mol. The summed E-state index contributed by atoms with van der Waals surface area (Å²) in [7, 11) is 0. The van der Waals surface area contributed by atoms with E-state index in [0.29, 0.717) is 18.7 Å². The lowest BCUT2D eigenvalue weighted by Gasteiger charge is -2.37. The summed E-state index contributed by atoms with van der Waals surface area (Å²) in [5.74, 6) is -0.552. The zero-order chi connectivity index (χ0) is 23.2. The Morgan fingerprint density at radius 3 is 2.64 bits per heavy atom. The fraction of sp³-hybridized carbons (Fsp3) is 0.308. The van der Waals surface area contributed by atoms with E-state index in [-0.39, 0.29) is 36.8 Å².